The number of nitrogens with two attached hydrogens (primary N) is 1. The van der Waals surface area contributed by atoms with Crippen LogP contribution in [0, 0.1) is 11.8 Å². The predicted octanol–water partition coefficient (Wildman–Crippen LogP) is 2.56. The van der Waals surface area contributed by atoms with Gasteiger partial charge in [-0.3, -0.25) is 4.90 Å². The van der Waals surface area contributed by atoms with Gasteiger partial charge in [-0.05, 0) is 37.6 Å². The summed E-state index contributed by atoms with van der Waals surface area (Å²) in [6, 6.07) is 0. The van der Waals surface area contributed by atoms with Crippen molar-refractivity contribution in [3.05, 3.63) is 0 Å². The van der Waals surface area contributed by atoms with Gasteiger partial charge in [-0.25, -0.2) is 0 Å². The Morgan fingerprint density at radius 3 is 2.45 bits per heavy atom. The lowest BCUT2D eigenvalue weighted by atomic mass is 9.70. The molecule has 1 aliphatic heterocycles. The van der Waals surface area contributed by atoms with Crippen LogP contribution in [0.5, 0.6) is 0 Å². The Hall–Kier alpha value is -0.120. The van der Waals surface area contributed by atoms with Crippen molar-refractivity contribution >= 4 is 0 Å². The van der Waals surface area contributed by atoms with Crippen molar-refractivity contribution in [2.45, 2.75) is 58.4 Å². The zero-order valence-electron chi connectivity index (χ0n) is 13.9. The van der Waals surface area contributed by atoms with E-state index in [1.54, 1.807) is 0 Å². The second kappa shape index (κ2) is 7.24. The minimum absolute atomic E-state index is 0.311. The highest BCUT2D eigenvalue weighted by Gasteiger charge is 2.41. The van der Waals surface area contributed by atoms with E-state index in [0.29, 0.717) is 5.54 Å². The summed E-state index contributed by atoms with van der Waals surface area (Å²) in [4.78, 5) is 5.36. The van der Waals surface area contributed by atoms with Crippen LogP contribution >= 0.6 is 0 Å². The van der Waals surface area contributed by atoms with E-state index in [1.807, 2.05) is 0 Å². The van der Waals surface area contributed by atoms with Crippen molar-refractivity contribution in [3.8, 4) is 0 Å². The van der Waals surface area contributed by atoms with E-state index in [-0.39, 0.29) is 0 Å². The van der Waals surface area contributed by atoms with Crippen LogP contribution in [0.1, 0.15) is 52.9 Å². The Bertz CT molecular complexity index is 284. The lowest BCUT2D eigenvalue weighted by molar-refractivity contribution is -0.00764. The third kappa shape index (κ3) is 3.55. The van der Waals surface area contributed by atoms with Crippen molar-refractivity contribution in [1.82, 2.24) is 9.80 Å². The largest absolute Gasteiger partial charge is 0.329 e. The molecule has 1 saturated heterocycles. The summed E-state index contributed by atoms with van der Waals surface area (Å²) < 4.78 is 0. The topological polar surface area (TPSA) is 32.5 Å². The predicted molar refractivity (Wildman–Crippen MR) is 86.9 cm³/mol. The highest BCUT2D eigenvalue weighted by Crippen LogP contribution is 2.39. The first-order valence-corrected chi connectivity index (χ1v) is 8.79. The van der Waals surface area contributed by atoms with Crippen molar-refractivity contribution in [1.29, 1.82) is 0 Å². The van der Waals surface area contributed by atoms with E-state index in [0.717, 1.165) is 18.4 Å². The van der Waals surface area contributed by atoms with Gasteiger partial charge in [0.2, 0.25) is 0 Å². The standard InChI is InChI=1S/C17H35N3/c1-4-8-19-9-11-20(12-10-19)17(14-18)7-5-6-16(13-17)15(2)3/h15-16H,4-14,18H2,1-3H3. The smallest absolute Gasteiger partial charge is 0.0335 e. The Balaban J connectivity index is 1.97. The molecular formula is C17H35N3. The van der Waals surface area contributed by atoms with Crippen LogP contribution in [-0.4, -0.2) is 54.6 Å². The van der Waals surface area contributed by atoms with E-state index in [9.17, 15) is 0 Å². The molecule has 1 heterocycles. The number of hydrogen-bond acceptors (Lipinski definition) is 3. The number of nitrogens with zero attached hydrogens (tertiary/aromatic N) is 2. The minimum Gasteiger partial charge on any atom is -0.329 e. The second-order valence-corrected chi connectivity index (χ2v) is 7.36. The van der Waals surface area contributed by atoms with E-state index < -0.39 is 0 Å². The maximum atomic E-state index is 6.27. The molecule has 2 fully saturated rings. The van der Waals surface area contributed by atoms with Gasteiger partial charge < -0.3 is 10.6 Å². The average Bonchev–Trinajstić information content (AvgIpc) is 2.48. The highest BCUT2D eigenvalue weighted by molar-refractivity contribution is 4.98. The molecule has 0 spiro atoms. The molecule has 0 aromatic heterocycles. The van der Waals surface area contributed by atoms with Crippen molar-refractivity contribution in [3.63, 3.8) is 0 Å². The van der Waals surface area contributed by atoms with Crippen LogP contribution in [0.4, 0.5) is 0 Å². The highest BCUT2D eigenvalue weighted by atomic mass is 15.3. The van der Waals surface area contributed by atoms with Gasteiger partial charge in [0, 0.05) is 38.3 Å². The average molecular weight is 281 g/mol. The Kier molecular flexibility index (Phi) is 5.88. The summed E-state index contributed by atoms with van der Waals surface area (Å²) in [6.07, 6.45) is 6.71. The lowest BCUT2D eigenvalue weighted by Gasteiger charge is -2.51. The first-order chi connectivity index (χ1) is 9.61. The molecule has 20 heavy (non-hydrogen) atoms. The summed E-state index contributed by atoms with van der Waals surface area (Å²) in [6.45, 7) is 14.1. The molecule has 0 aromatic rings. The number of piperazine rings is 1. The molecule has 118 valence electrons. The number of hydrogen-bond donors (Lipinski definition) is 1. The Morgan fingerprint density at radius 2 is 1.90 bits per heavy atom. The SMILES string of the molecule is CCCN1CCN(C2(CN)CCCC(C(C)C)C2)CC1. The molecule has 0 bridgehead atoms. The van der Waals surface area contributed by atoms with Crippen molar-refractivity contribution in [2.24, 2.45) is 17.6 Å². The molecule has 3 heteroatoms. The van der Waals surface area contributed by atoms with Gasteiger partial charge in [0.15, 0.2) is 0 Å². The fourth-order valence-electron chi connectivity index (χ4n) is 4.32. The molecule has 1 saturated carbocycles. The Morgan fingerprint density at radius 1 is 1.20 bits per heavy atom. The molecular weight excluding hydrogens is 246 g/mol. The van der Waals surface area contributed by atoms with Gasteiger partial charge in [0.05, 0.1) is 0 Å². The summed E-state index contributed by atoms with van der Waals surface area (Å²) in [5, 5.41) is 0. The van der Waals surface area contributed by atoms with Crippen molar-refractivity contribution < 1.29 is 0 Å². The molecule has 3 nitrogen and oxygen atoms in total. The number of rotatable bonds is 5. The first-order valence-electron chi connectivity index (χ1n) is 8.79. The normalized spacial score (nSPS) is 33.8. The van der Waals surface area contributed by atoms with Crippen LogP contribution in [0.3, 0.4) is 0 Å². The molecule has 2 unspecified atom stereocenters. The van der Waals surface area contributed by atoms with E-state index in [4.69, 9.17) is 5.73 Å². The van der Waals surface area contributed by atoms with Gasteiger partial charge in [0.25, 0.3) is 0 Å². The van der Waals surface area contributed by atoms with Crippen LogP contribution in [0.25, 0.3) is 0 Å². The summed E-state index contributed by atoms with van der Waals surface area (Å²) in [7, 11) is 0. The Labute approximate surface area is 125 Å². The molecule has 2 N–H and O–H groups in total. The van der Waals surface area contributed by atoms with E-state index in [1.165, 1.54) is 64.8 Å². The maximum Gasteiger partial charge on any atom is 0.0335 e. The van der Waals surface area contributed by atoms with E-state index in [2.05, 4.69) is 30.6 Å². The van der Waals surface area contributed by atoms with Crippen molar-refractivity contribution in [2.75, 3.05) is 39.3 Å². The van der Waals surface area contributed by atoms with Crippen LogP contribution in [0.2, 0.25) is 0 Å². The van der Waals surface area contributed by atoms with Gasteiger partial charge in [0.1, 0.15) is 0 Å². The molecule has 1 aliphatic carbocycles. The third-order valence-electron chi connectivity index (χ3n) is 5.76. The summed E-state index contributed by atoms with van der Waals surface area (Å²) in [5.41, 5.74) is 6.58. The molecule has 2 atom stereocenters. The van der Waals surface area contributed by atoms with Crippen LogP contribution in [-0.2, 0) is 0 Å². The van der Waals surface area contributed by atoms with Gasteiger partial charge in [-0.2, -0.15) is 0 Å². The van der Waals surface area contributed by atoms with Gasteiger partial charge >= 0.3 is 0 Å². The molecule has 0 radical (unpaired) electrons. The minimum atomic E-state index is 0.311. The first kappa shape index (κ1) is 16.3. The fourth-order valence-corrected chi connectivity index (χ4v) is 4.32. The van der Waals surface area contributed by atoms with Gasteiger partial charge in [-0.1, -0.05) is 33.6 Å². The molecule has 2 rings (SSSR count). The monoisotopic (exact) mass is 281 g/mol. The van der Waals surface area contributed by atoms with E-state index >= 15 is 0 Å². The lowest BCUT2D eigenvalue weighted by Crippen LogP contribution is -2.62. The summed E-state index contributed by atoms with van der Waals surface area (Å²) >= 11 is 0. The quantitative estimate of drug-likeness (QED) is 0.840. The molecule has 0 aromatic carbocycles. The van der Waals surface area contributed by atoms with Gasteiger partial charge in [-0.15, -0.1) is 0 Å². The van der Waals surface area contributed by atoms with Crippen LogP contribution < -0.4 is 5.73 Å². The maximum absolute atomic E-state index is 6.27. The third-order valence-corrected chi connectivity index (χ3v) is 5.76. The zero-order chi connectivity index (χ0) is 14.6. The molecule has 0 amide bonds. The zero-order valence-corrected chi connectivity index (χ0v) is 13.9. The van der Waals surface area contributed by atoms with Crippen LogP contribution in [0.15, 0.2) is 0 Å². The summed E-state index contributed by atoms with van der Waals surface area (Å²) in [5.74, 6) is 1.68. The molecule has 2 aliphatic rings. The second-order valence-electron chi connectivity index (χ2n) is 7.36. The fraction of sp³-hybridized carbons (Fsp3) is 1.00.